The largest absolute Gasteiger partial charge is 0.496 e. The molecule has 0 spiro atoms. The molecule has 1 atom stereocenters. The Kier molecular flexibility index (Phi) is 6.18. The van der Waals surface area contributed by atoms with Crippen LogP contribution in [0.25, 0.3) is 0 Å². The van der Waals surface area contributed by atoms with E-state index in [0.29, 0.717) is 11.8 Å². The Morgan fingerprint density at radius 3 is 2.18 bits per heavy atom. The number of halogens is 4. The number of ether oxygens (including phenoxy) is 1. The number of carbonyl (C=O) groups excluding carboxylic acids is 1. The zero-order valence-electron chi connectivity index (χ0n) is 15.8. The Bertz CT molecular complexity index is 829. The number of aliphatic hydroxyl groups is 1. The number of hydrogen-bond donors (Lipinski definition) is 1. The number of aldehydes is 1. The SMILES string of the molecule is COc1ccc(F)cc1C(C)(C)CC(O)(Cc1ccc(C=O)cc1)C(F)(F)F. The molecule has 1 N–H and O–H groups in total. The van der Waals surface area contributed by atoms with Gasteiger partial charge in [-0.25, -0.2) is 4.39 Å². The normalized spacial score (nSPS) is 14.4. The van der Waals surface area contributed by atoms with Crippen molar-refractivity contribution in [1.82, 2.24) is 0 Å². The maximum absolute atomic E-state index is 13.8. The van der Waals surface area contributed by atoms with E-state index in [2.05, 4.69) is 0 Å². The first-order chi connectivity index (χ1) is 12.9. The molecule has 0 aliphatic carbocycles. The van der Waals surface area contributed by atoms with Gasteiger partial charge in [0.15, 0.2) is 5.60 Å². The predicted molar refractivity (Wildman–Crippen MR) is 97.1 cm³/mol. The van der Waals surface area contributed by atoms with E-state index in [9.17, 15) is 27.5 Å². The van der Waals surface area contributed by atoms with Crippen LogP contribution in [0.3, 0.4) is 0 Å². The molecule has 0 aromatic heterocycles. The highest BCUT2D eigenvalue weighted by Gasteiger charge is 2.56. The van der Waals surface area contributed by atoms with Crippen LogP contribution in [0.5, 0.6) is 5.75 Å². The summed E-state index contributed by atoms with van der Waals surface area (Å²) in [4.78, 5) is 10.7. The summed E-state index contributed by atoms with van der Waals surface area (Å²) in [6, 6.07) is 9.14. The predicted octanol–water partition coefficient (Wildman–Crippen LogP) is 4.85. The van der Waals surface area contributed by atoms with Crippen molar-refractivity contribution in [3.05, 3.63) is 65.0 Å². The number of methoxy groups -OCH3 is 1. The van der Waals surface area contributed by atoms with E-state index in [4.69, 9.17) is 4.74 Å². The summed E-state index contributed by atoms with van der Waals surface area (Å²) in [5.41, 5.74) is -3.53. The third-order valence-electron chi connectivity index (χ3n) is 4.77. The van der Waals surface area contributed by atoms with E-state index in [1.807, 2.05) is 0 Å². The molecule has 0 saturated carbocycles. The van der Waals surface area contributed by atoms with E-state index in [0.717, 1.165) is 12.1 Å². The van der Waals surface area contributed by atoms with Gasteiger partial charge in [-0.1, -0.05) is 38.1 Å². The van der Waals surface area contributed by atoms with Gasteiger partial charge in [0.2, 0.25) is 0 Å². The van der Waals surface area contributed by atoms with Crippen LogP contribution in [-0.2, 0) is 11.8 Å². The summed E-state index contributed by atoms with van der Waals surface area (Å²) < 4.78 is 60.4. The van der Waals surface area contributed by atoms with Crippen LogP contribution in [0, 0.1) is 5.82 Å². The number of rotatable bonds is 7. The van der Waals surface area contributed by atoms with Gasteiger partial charge in [0.25, 0.3) is 0 Å². The smallest absolute Gasteiger partial charge is 0.417 e. The minimum atomic E-state index is -4.92. The number of benzene rings is 2. The molecule has 7 heteroatoms. The third-order valence-corrected chi connectivity index (χ3v) is 4.77. The van der Waals surface area contributed by atoms with E-state index in [1.165, 1.54) is 51.3 Å². The second kappa shape index (κ2) is 7.91. The lowest BCUT2D eigenvalue weighted by Crippen LogP contribution is -2.50. The van der Waals surface area contributed by atoms with Crippen molar-refractivity contribution in [2.45, 2.75) is 43.9 Å². The zero-order chi connectivity index (χ0) is 21.2. The molecule has 1 unspecified atom stereocenters. The van der Waals surface area contributed by atoms with Gasteiger partial charge in [0.1, 0.15) is 17.9 Å². The molecule has 152 valence electrons. The molecule has 0 saturated heterocycles. The molecule has 0 radical (unpaired) electrons. The van der Waals surface area contributed by atoms with Crippen molar-refractivity contribution < 1.29 is 32.2 Å². The van der Waals surface area contributed by atoms with E-state index < -0.39 is 35.9 Å². The van der Waals surface area contributed by atoms with Crippen molar-refractivity contribution in [1.29, 1.82) is 0 Å². The van der Waals surface area contributed by atoms with Crippen LogP contribution in [0.15, 0.2) is 42.5 Å². The van der Waals surface area contributed by atoms with Crippen LogP contribution >= 0.6 is 0 Å². The topological polar surface area (TPSA) is 46.5 Å². The molecule has 0 heterocycles. The maximum atomic E-state index is 13.8. The molecular weight excluding hydrogens is 376 g/mol. The molecule has 28 heavy (non-hydrogen) atoms. The number of carbonyl (C=O) groups is 1. The maximum Gasteiger partial charge on any atom is 0.417 e. The molecule has 3 nitrogen and oxygen atoms in total. The summed E-state index contributed by atoms with van der Waals surface area (Å²) in [6.07, 6.45) is -5.75. The Labute approximate surface area is 161 Å². The Morgan fingerprint density at radius 2 is 1.68 bits per heavy atom. The van der Waals surface area contributed by atoms with E-state index in [-0.39, 0.29) is 16.9 Å². The average molecular weight is 398 g/mol. The fourth-order valence-electron chi connectivity index (χ4n) is 3.35. The van der Waals surface area contributed by atoms with Crippen LogP contribution < -0.4 is 4.74 Å². The van der Waals surface area contributed by atoms with Crippen LogP contribution in [0.1, 0.15) is 41.8 Å². The summed E-state index contributed by atoms with van der Waals surface area (Å²) >= 11 is 0. The monoisotopic (exact) mass is 398 g/mol. The van der Waals surface area contributed by atoms with Crippen LogP contribution in [0.4, 0.5) is 17.6 Å². The van der Waals surface area contributed by atoms with Gasteiger partial charge in [-0.15, -0.1) is 0 Å². The van der Waals surface area contributed by atoms with Gasteiger partial charge >= 0.3 is 6.18 Å². The van der Waals surface area contributed by atoms with Crippen LogP contribution in [-0.4, -0.2) is 30.3 Å². The molecule has 2 aromatic carbocycles. The van der Waals surface area contributed by atoms with Gasteiger partial charge in [-0.05, 0) is 35.6 Å². The van der Waals surface area contributed by atoms with Crippen LogP contribution in [0.2, 0.25) is 0 Å². The third kappa shape index (κ3) is 4.70. The summed E-state index contributed by atoms with van der Waals surface area (Å²) in [5, 5.41) is 10.6. The molecule has 2 rings (SSSR count). The second-order valence-electron chi connectivity index (χ2n) is 7.47. The Hall–Kier alpha value is -2.41. The highest BCUT2D eigenvalue weighted by Crippen LogP contribution is 2.45. The summed E-state index contributed by atoms with van der Waals surface area (Å²) in [5.74, 6) is -0.366. The first-order valence-corrected chi connectivity index (χ1v) is 8.59. The highest BCUT2D eigenvalue weighted by atomic mass is 19.4. The molecule has 0 aliphatic heterocycles. The lowest BCUT2D eigenvalue weighted by molar-refractivity contribution is -0.266. The van der Waals surface area contributed by atoms with Crippen molar-refractivity contribution in [3.63, 3.8) is 0 Å². The van der Waals surface area contributed by atoms with Crippen molar-refractivity contribution in [2.75, 3.05) is 7.11 Å². The van der Waals surface area contributed by atoms with Gasteiger partial charge in [0.05, 0.1) is 7.11 Å². The van der Waals surface area contributed by atoms with Crippen molar-refractivity contribution >= 4 is 6.29 Å². The summed E-state index contributed by atoms with van der Waals surface area (Å²) in [6.45, 7) is 2.99. The first-order valence-electron chi connectivity index (χ1n) is 8.59. The number of alkyl halides is 3. The molecule has 0 fully saturated rings. The second-order valence-corrected chi connectivity index (χ2v) is 7.47. The molecule has 2 aromatic rings. The Balaban J connectivity index is 2.42. The van der Waals surface area contributed by atoms with Gasteiger partial charge < -0.3 is 9.84 Å². The number of hydrogen-bond acceptors (Lipinski definition) is 3. The lowest BCUT2D eigenvalue weighted by Gasteiger charge is -2.38. The van der Waals surface area contributed by atoms with Gasteiger partial charge in [-0.2, -0.15) is 13.2 Å². The fraction of sp³-hybridized carbons (Fsp3) is 0.381. The quantitative estimate of drug-likeness (QED) is 0.536. The summed E-state index contributed by atoms with van der Waals surface area (Å²) in [7, 11) is 1.34. The first kappa shape index (κ1) is 21.9. The minimum absolute atomic E-state index is 0.229. The van der Waals surface area contributed by atoms with E-state index >= 15 is 0 Å². The van der Waals surface area contributed by atoms with Crippen molar-refractivity contribution in [2.24, 2.45) is 0 Å². The minimum Gasteiger partial charge on any atom is -0.496 e. The van der Waals surface area contributed by atoms with E-state index in [1.54, 1.807) is 0 Å². The molecule has 0 aliphatic rings. The Morgan fingerprint density at radius 1 is 1.07 bits per heavy atom. The lowest BCUT2D eigenvalue weighted by atomic mass is 9.72. The fourth-order valence-corrected chi connectivity index (χ4v) is 3.35. The average Bonchev–Trinajstić information content (AvgIpc) is 2.61. The zero-order valence-corrected chi connectivity index (χ0v) is 15.8. The standard InChI is InChI=1S/C21H22F4O3/c1-19(2,17-10-16(22)8-9-18(17)28-3)13-20(27,21(23,24)25)11-14-4-6-15(12-26)7-5-14/h4-10,12,27H,11,13H2,1-3H3. The van der Waals surface area contributed by atoms with Crippen molar-refractivity contribution in [3.8, 4) is 5.75 Å². The highest BCUT2D eigenvalue weighted by molar-refractivity contribution is 5.74. The molecule has 0 amide bonds. The molecular formula is C21H22F4O3. The van der Waals surface area contributed by atoms with Gasteiger partial charge in [-0.3, -0.25) is 4.79 Å². The van der Waals surface area contributed by atoms with Gasteiger partial charge in [0, 0.05) is 17.5 Å². The molecule has 0 bridgehead atoms.